The molecule has 1 amide bonds. The van der Waals surface area contributed by atoms with Crippen molar-refractivity contribution in [3.8, 4) is 5.75 Å². The van der Waals surface area contributed by atoms with E-state index in [0.717, 1.165) is 29.7 Å². The van der Waals surface area contributed by atoms with Gasteiger partial charge in [0.1, 0.15) is 12.4 Å². The summed E-state index contributed by atoms with van der Waals surface area (Å²) < 4.78 is 29.2. The van der Waals surface area contributed by atoms with E-state index in [-0.39, 0.29) is 29.5 Å². The van der Waals surface area contributed by atoms with Crippen molar-refractivity contribution >= 4 is 33.4 Å². The van der Waals surface area contributed by atoms with Gasteiger partial charge in [-0.05, 0) is 49.1 Å². The molecule has 1 aliphatic carbocycles. The van der Waals surface area contributed by atoms with Gasteiger partial charge in [-0.15, -0.1) is 0 Å². The van der Waals surface area contributed by atoms with E-state index in [9.17, 15) is 13.2 Å². The largest absolute Gasteiger partial charge is 0.488 e. The normalized spacial score (nSPS) is 24.0. The second kappa shape index (κ2) is 6.74. The first-order valence-corrected chi connectivity index (χ1v) is 10.9. The van der Waals surface area contributed by atoms with E-state index in [1.807, 2.05) is 18.2 Å². The Bertz CT molecular complexity index is 902. The van der Waals surface area contributed by atoms with E-state index in [4.69, 9.17) is 16.3 Å². The summed E-state index contributed by atoms with van der Waals surface area (Å²) in [6.45, 7) is 0.389. The Morgan fingerprint density at radius 2 is 2.04 bits per heavy atom. The van der Waals surface area contributed by atoms with E-state index < -0.39 is 9.84 Å². The second-order valence-corrected chi connectivity index (χ2v) is 9.72. The summed E-state index contributed by atoms with van der Waals surface area (Å²) in [5, 5.41) is 0.632. The average Bonchev–Trinajstić information content (AvgIpc) is 3.36. The van der Waals surface area contributed by atoms with E-state index in [1.54, 1.807) is 17.0 Å². The Kier molecular flexibility index (Phi) is 4.57. The number of amides is 1. The number of ether oxygens (including phenoxy) is 1. The molecule has 2 heterocycles. The fourth-order valence-corrected chi connectivity index (χ4v) is 5.42. The van der Waals surface area contributed by atoms with Crippen LogP contribution in [0.3, 0.4) is 0 Å². The third kappa shape index (κ3) is 3.81. The Hall–Kier alpha value is -1.79. The first kappa shape index (κ1) is 17.6. The molecule has 7 heteroatoms. The van der Waals surface area contributed by atoms with E-state index in [0.29, 0.717) is 18.1 Å². The lowest BCUT2D eigenvalue weighted by Gasteiger charge is -2.27. The summed E-state index contributed by atoms with van der Waals surface area (Å²) in [5.74, 6) is 0.913. The SMILES string of the molecule is O=C(/C=C/C1=Cc2cc(Cl)ccc2OC1)N(C1CC1)C1CCS(=O)(=O)C1. The molecule has 2 fully saturated rings. The molecule has 1 saturated heterocycles. The van der Waals surface area contributed by atoms with Crippen LogP contribution in [0.15, 0.2) is 35.9 Å². The number of hydrogen-bond acceptors (Lipinski definition) is 4. The lowest BCUT2D eigenvalue weighted by molar-refractivity contribution is -0.128. The molecule has 0 bridgehead atoms. The summed E-state index contributed by atoms with van der Waals surface area (Å²) in [5.41, 5.74) is 1.76. The van der Waals surface area contributed by atoms with Crippen LogP contribution in [0.2, 0.25) is 5.02 Å². The lowest BCUT2D eigenvalue weighted by Crippen LogP contribution is -2.41. The van der Waals surface area contributed by atoms with Crippen molar-refractivity contribution in [2.24, 2.45) is 0 Å². The molecule has 1 aromatic rings. The standard InChI is InChI=1S/C19H20ClNO4S/c20-15-2-5-18-14(10-15)9-13(11-25-18)1-6-19(22)21(16-3-4-16)17-7-8-26(23,24)12-17/h1-2,5-6,9-10,16-17H,3-4,7-8,11-12H2/b6-1+. The molecule has 4 rings (SSSR count). The highest BCUT2D eigenvalue weighted by molar-refractivity contribution is 7.91. The predicted molar refractivity (Wildman–Crippen MR) is 101 cm³/mol. The number of rotatable bonds is 4. The Morgan fingerprint density at radius 3 is 2.73 bits per heavy atom. The van der Waals surface area contributed by atoms with Crippen molar-refractivity contribution < 1.29 is 17.9 Å². The summed E-state index contributed by atoms with van der Waals surface area (Å²) >= 11 is 6.02. The minimum atomic E-state index is -3.01. The molecule has 0 radical (unpaired) electrons. The van der Waals surface area contributed by atoms with Gasteiger partial charge in [-0.25, -0.2) is 8.42 Å². The highest BCUT2D eigenvalue weighted by Crippen LogP contribution is 2.33. The highest BCUT2D eigenvalue weighted by Gasteiger charge is 2.41. The third-order valence-electron chi connectivity index (χ3n) is 4.94. The zero-order chi connectivity index (χ0) is 18.3. The van der Waals surface area contributed by atoms with Crippen molar-refractivity contribution in [1.82, 2.24) is 4.90 Å². The van der Waals surface area contributed by atoms with Crippen LogP contribution in [0.1, 0.15) is 24.8 Å². The van der Waals surface area contributed by atoms with Gasteiger partial charge in [-0.3, -0.25) is 4.79 Å². The van der Waals surface area contributed by atoms with Gasteiger partial charge in [-0.1, -0.05) is 17.7 Å². The summed E-state index contributed by atoms with van der Waals surface area (Å²) in [7, 11) is -3.01. The molecule has 1 aromatic carbocycles. The van der Waals surface area contributed by atoms with Gasteiger partial charge in [0.15, 0.2) is 9.84 Å². The molecule has 1 unspecified atom stereocenters. The van der Waals surface area contributed by atoms with Gasteiger partial charge in [0.2, 0.25) is 5.91 Å². The van der Waals surface area contributed by atoms with Gasteiger partial charge in [0, 0.05) is 28.7 Å². The maximum Gasteiger partial charge on any atom is 0.247 e. The lowest BCUT2D eigenvalue weighted by atomic mass is 10.1. The number of benzene rings is 1. The van der Waals surface area contributed by atoms with Gasteiger partial charge >= 0.3 is 0 Å². The minimum absolute atomic E-state index is 0.0841. The molecule has 26 heavy (non-hydrogen) atoms. The van der Waals surface area contributed by atoms with Gasteiger partial charge in [0.05, 0.1) is 11.5 Å². The third-order valence-corrected chi connectivity index (χ3v) is 6.93. The summed E-state index contributed by atoms with van der Waals surface area (Å²) in [4.78, 5) is 14.5. The van der Waals surface area contributed by atoms with Crippen LogP contribution in [-0.2, 0) is 14.6 Å². The van der Waals surface area contributed by atoms with E-state index in [2.05, 4.69) is 0 Å². The van der Waals surface area contributed by atoms with Crippen LogP contribution in [0.25, 0.3) is 6.08 Å². The topological polar surface area (TPSA) is 63.7 Å². The van der Waals surface area contributed by atoms with Gasteiger partial charge in [-0.2, -0.15) is 0 Å². The summed E-state index contributed by atoms with van der Waals surface area (Å²) in [6, 6.07) is 5.42. The first-order valence-electron chi connectivity index (χ1n) is 8.75. The van der Waals surface area contributed by atoms with Crippen LogP contribution < -0.4 is 4.74 Å². The molecular formula is C19H20ClNO4S. The Balaban J connectivity index is 1.50. The van der Waals surface area contributed by atoms with Crippen molar-refractivity contribution in [2.75, 3.05) is 18.1 Å². The molecule has 0 aromatic heterocycles. The quantitative estimate of drug-likeness (QED) is 0.738. The number of fused-ring (bicyclic) bond motifs is 1. The van der Waals surface area contributed by atoms with Crippen LogP contribution in [-0.4, -0.2) is 49.4 Å². The maximum atomic E-state index is 12.7. The molecule has 1 saturated carbocycles. The predicted octanol–water partition coefficient (Wildman–Crippen LogP) is 2.85. The second-order valence-electron chi connectivity index (χ2n) is 7.06. The molecule has 1 atom stereocenters. The Labute approximate surface area is 158 Å². The van der Waals surface area contributed by atoms with Crippen LogP contribution >= 0.6 is 11.6 Å². The number of carbonyl (C=O) groups is 1. The zero-order valence-corrected chi connectivity index (χ0v) is 15.8. The Morgan fingerprint density at radius 1 is 1.23 bits per heavy atom. The van der Waals surface area contributed by atoms with E-state index in [1.165, 1.54) is 6.08 Å². The van der Waals surface area contributed by atoms with Crippen molar-refractivity contribution in [3.63, 3.8) is 0 Å². The molecule has 2 aliphatic heterocycles. The molecule has 3 aliphatic rings. The summed E-state index contributed by atoms with van der Waals surface area (Å²) in [6.07, 6.45) is 7.69. The fraction of sp³-hybridized carbons (Fsp3) is 0.421. The number of halogens is 1. The van der Waals surface area contributed by atoms with Gasteiger partial charge in [0.25, 0.3) is 0 Å². The molecule has 5 nitrogen and oxygen atoms in total. The number of nitrogens with zero attached hydrogens (tertiary/aromatic N) is 1. The number of hydrogen-bond donors (Lipinski definition) is 0. The van der Waals surface area contributed by atoms with Gasteiger partial charge < -0.3 is 9.64 Å². The average molecular weight is 394 g/mol. The van der Waals surface area contributed by atoms with E-state index >= 15 is 0 Å². The molecular weight excluding hydrogens is 374 g/mol. The fourth-order valence-electron chi connectivity index (χ4n) is 3.53. The monoisotopic (exact) mass is 393 g/mol. The molecule has 138 valence electrons. The van der Waals surface area contributed by atoms with Crippen molar-refractivity contribution in [2.45, 2.75) is 31.3 Å². The highest BCUT2D eigenvalue weighted by atomic mass is 35.5. The smallest absolute Gasteiger partial charge is 0.247 e. The maximum absolute atomic E-state index is 12.7. The first-order chi connectivity index (χ1) is 12.4. The molecule has 0 N–H and O–H groups in total. The van der Waals surface area contributed by atoms with Crippen molar-refractivity contribution in [1.29, 1.82) is 0 Å². The number of carbonyl (C=O) groups excluding carboxylic acids is 1. The van der Waals surface area contributed by atoms with Crippen LogP contribution in [0, 0.1) is 0 Å². The van der Waals surface area contributed by atoms with Crippen LogP contribution in [0.5, 0.6) is 5.75 Å². The number of sulfone groups is 1. The zero-order valence-electron chi connectivity index (χ0n) is 14.2. The molecule has 0 spiro atoms. The van der Waals surface area contributed by atoms with Crippen LogP contribution in [0.4, 0.5) is 0 Å². The minimum Gasteiger partial charge on any atom is -0.488 e. The van der Waals surface area contributed by atoms with Crippen molar-refractivity contribution in [3.05, 3.63) is 46.5 Å².